The highest BCUT2D eigenvalue weighted by Crippen LogP contribution is 2.37. The van der Waals surface area contributed by atoms with Gasteiger partial charge in [0.05, 0.1) is 0 Å². The molecule has 0 aliphatic heterocycles. The maximum atomic E-state index is 6.41. The highest BCUT2D eigenvalue weighted by atomic mass is 14.6. The summed E-state index contributed by atoms with van der Waals surface area (Å²) in [6.07, 6.45) is 4.09. The van der Waals surface area contributed by atoms with Crippen molar-refractivity contribution in [3.8, 4) is 33.4 Å². The fourth-order valence-electron chi connectivity index (χ4n) is 3.66. The van der Waals surface area contributed by atoms with Crippen molar-refractivity contribution in [3.63, 3.8) is 0 Å². The van der Waals surface area contributed by atoms with E-state index in [1.807, 2.05) is 19.1 Å². The number of aryl methyl sites for hydroxylation is 1. The van der Waals surface area contributed by atoms with E-state index < -0.39 is 0 Å². The van der Waals surface area contributed by atoms with Crippen LogP contribution in [0.3, 0.4) is 0 Å². The van der Waals surface area contributed by atoms with Gasteiger partial charge in [0.2, 0.25) is 0 Å². The average molecular weight is 376 g/mol. The van der Waals surface area contributed by atoms with Crippen LogP contribution in [-0.2, 0) is 0 Å². The number of nitrogens with two attached hydrogens (primary N) is 1. The van der Waals surface area contributed by atoms with Crippen LogP contribution in [0.15, 0.2) is 97.1 Å². The maximum Gasteiger partial charge on any atom is 0.0394 e. The summed E-state index contributed by atoms with van der Waals surface area (Å²) >= 11 is 0. The molecule has 29 heavy (non-hydrogen) atoms. The van der Waals surface area contributed by atoms with Crippen molar-refractivity contribution in [2.45, 2.75) is 13.8 Å². The molecule has 0 fully saturated rings. The highest BCUT2D eigenvalue weighted by Gasteiger charge is 2.12. The first-order valence-corrected chi connectivity index (χ1v) is 9.95. The summed E-state index contributed by atoms with van der Waals surface area (Å²) < 4.78 is 0. The second kappa shape index (κ2) is 8.20. The SMILES string of the molecule is C/C=C\c1cc(-c2ccc(C)cc2)c(-c2cccc(-c3ccccc3)c2)cc1N. The van der Waals surface area contributed by atoms with Crippen LogP contribution in [0.4, 0.5) is 5.69 Å². The minimum Gasteiger partial charge on any atom is -0.398 e. The molecule has 0 aromatic heterocycles. The number of hydrogen-bond donors (Lipinski definition) is 1. The van der Waals surface area contributed by atoms with Gasteiger partial charge < -0.3 is 5.73 Å². The molecule has 4 aromatic rings. The molecule has 1 heteroatoms. The molecule has 0 heterocycles. The number of benzene rings is 4. The van der Waals surface area contributed by atoms with Crippen molar-refractivity contribution in [3.05, 3.63) is 108 Å². The second-order valence-corrected chi connectivity index (χ2v) is 7.34. The number of anilines is 1. The summed E-state index contributed by atoms with van der Waals surface area (Å²) in [5, 5.41) is 0. The second-order valence-electron chi connectivity index (χ2n) is 7.34. The molecule has 0 aliphatic rings. The van der Waals surface area contributed by atoms with Crippen LogP contribution in [0.2, 0.25) is 0 Å². The molecule has 0 unspecified atom stereocenters. The monoisotopic (exact) mass is 375 g/mol. The van der Waals surface area contributed by atoms with E-state index in [0.717, 1.165) is 16.8 Å². The molecule has 0 atom stereocenters. The lowest BCUT2D eigenvalue weighted by Gasteiger charge is -2.15. The van der Waals surface area contributed by atoms with Gasteiger partial charge in [-0.05, 0) is 71.0 Å². The molecule has 0 bridgehead atoms. The smallest absolute Gasteiger partial charge is 0.0394 e. The zero-order valence-corrected chi connectivity index (χ0v) is 16.9. The molecule has 2 N–H and O–H groups in total. The van der Waals surface area contributed by atoms with Crippen molar-refractivity contribution in [1.29, 1.82) is 0 Å². The number of rotatable bonds is 4. The summed E-state index contributed by atoms with van der Waals surface area (Å²) in [4.78, 5) is 0. The lowest BCUT2D eigenvalue weighted by molar-refractivity contribution is 1.46. The number of allylic oxidation sites excluding steroid dienone is 1. The Bertz CT molecular complexity index is 1150. The molecule has 0 aliphatic carbocycles. The summed E-state index contributed by atoms with van der Waals surface area (Å²) in [5.74, 6) is 0. The summed E-state index contributed by atoms with van der Waals surface area (Å²) in [7, 11) is 0. The van der Waals surface area contributed by atoms with E-state index in [9.17, 15) is 0 Å². The van der Waals surface area contributed by atoms with Gasteiger partial charge in [0, 0.05) is 5.69 Å². The van der Waals surface area contributed by atoms with E-state index in [2.05, 4.69) is 97.9 Å². The van der Waals surface area contributed by atoms with E-state index in [4.69, 9.17) is 5.73 Å². The van der Waals surface area contributed by atoms with Crippen LogP contribution in [0.25, 0.3) is 39.5 Å². The topological polar surface area (TPSA) is 26.0 Å². The standard InChI is InChI=1S/C28H25N/c1-3-8-25-18-26(22-15-13-20(2)14-16-22)27(19-28(25)29)24-12-7-11-23(17-24)21-9-5-4-6-10-21/h3-19H,29H2,1-2H3/b8-3-. The molecule has 0 saturated heterocycles. The molecular formula is C28H25N. The van der Waals surface area contributed by atoms with Gasteiger partial charge in [0.15, 0.2) is 0 Å². The third kappa shape index (κ3) is 4.00. The van der Waals surface area contributed by atoms with Gasteiger partial charge in [-0.15, -0.1) is 0 Å². The molecule has 0 spiro atoms. The molecular weight excluding hydrogens is 350 g/mol. The van der Waals surface area contributed by atoms with Crippen LogP contribution in [0, 0.1) is 6.92 Å². The first-order valence-electron chi connectivity index (χ1n) is 9.95. The Balaban J connectivity index is 1.91. The summed E-state index contributed by atoms with van der Waals surface area (Å²) in [5.41, 5.74) is 16.6. The van der Waals surface area contributed by atoms with Gasteiger partial charge in [0.1, 0.15) is 0 Å². The van der Waals surface area contributed by atoms with E-state index in [1.165, 1.54) is 33.4 Å². The first-order chi connectivity index (χ1) is 14.2. The van der Waals surface area contributed by atoms with E-state index in [1.54, 1.807) is 0 Å². The summed E-state index contributed by atoms with van der Waals surface area (Å²) in [6, 6.07) is 32.1. The van der Waals surface area contributed by atoms with Crippen LogP contribution < -0.4 is 5.73 Å². The number of hydrogen-bond acceptors (Lipinski definition) is 1. The molecule has 0 radical (unpaired) electrons. The molecule has 4 rings (SSSR count). The van der Waals surface area contributed by atoms with Gasteiger partial charge in [-0.3, -0.25) is 0 Å². The van der Waals surface area contributed by atoms with Gasteiger partial charge >= 0.3 is 0 Å². The quantitative estimate of drug-likeness (QED) is 0.365. The largest absolute Gasteiger partial charge is 0.398 e. The summed E-state index contributed by atoms with van der Waals surface area (Å²) in [6.45, 7) is 4.13. The Morgan fingerprint density at radius 3 is 2.00 bits per heavy atom. The van der Waals surface area contributed by atoms with Crippen molar-refractivity contribution in [1.82, 2.24) is 0 Å². The number of nitrogen functional groups attached to an aromatic ring is 1. The van der Waals surface area contributed by atoms with Crippen molar-refractivity contribution in [2.75, 3.05) is 5.73 Å². The van der Waals surface area contributed by atoms with Crippen LogP contribution in [-0.4, -0.2) is 0 Å². The molecule has 1 nitrogen and oxygen atoms in total. The van der Waals surface area contributed by atoms with E-state index >= 15 is 0 Å². The zero-order valence-electron chi connectivity index (χ0n) is 16.9. The van der Waals surface area contributed by atoms with Crippen LogP contribution in [0.1, 0.15) is 18.1 Å². The Hall–Kier alpha value is -3.58. The lowest BCUT2D eigenvalue weighted by Crippen LogP contribution is -1.94. The van der Waals surface area contributed by atoms with Crippen molar-refractivity contribution in [2.24, 2.45) is 0 Å². The molecule has 0 amide bonds. The van der Waals surface area contributed by atoms with Crippen LogP contribution in [0.5, 0.6) is 0 Å². The van der Waals surface area contributed by atoms with Gasteiger partial charge in [-0.2, -0.15) is 0 Å². The third-order valence-corrected chi connectivity index (χ3v) is 5.21. The van der Waals surface area contributed by atoms with Crippen molar-refractivity contribution >= 4 is 11.8 Å². The first kappa shape index (κ1) is 18.8. The maximum absolute atomic E-state index is 6.41. The zero-order chi connectivity index (χ0) is 20.2. The minimum absolute atomic E-state index is 0.791. The fraction of sp³-hybridized carbons (Fsp3) is 0.0714. The Kier molecular flexibility index (Phi) is 5.31. The molecule has 4 aromatic carbocycles. The lowest BCUT2D eigenvalue weighted by atomic mass is 9.90. The van der Waals surface area contributed by atoms with Crippen LogP contribution >= 0.6 is 0 Å². The van der Waals surface area contributed by atoms with Crippen molar-refractivity contribution < 1.29 is 0 Å². The van der Waals surface area contributed by atoms with E-state index in [0.29, 0.717) is 0 Å². The predicted molar refractivity (Wildman–Crippen MR) is 127 cm³/mol. The van der Waals surface area contributed by atoms with Gasteiger partial charge in [-0.25, -0.2) is 0 Å². The van der Waals surface area contributed by atoms with Gasteiger partial charge in [-0.1, -0.05) is 90.5 Å². The predicted octanol–water partition coefficient (Wildman–Crippen LogP) is 7.61. The Morgan fingerprint density at radius 1 is 0.621 bits per heavy atom. The molecule has 0 saturated carbocycles. The molecule has 142 valence electrons. The average Bonchev–Trinajstić information content (AvgIpc) is 2.76. The van der Waals surface area contributed by atoms with E-state index in [-0.39, 0.29) is 0 Å². The highest BCUT2D eigenvalue weighted by molar-refractivity contribution is 5.90. The Morgan fingerprint density at radius 2 is 1.28 bits per heavy atom. The normalized spacial score (nSPS) is 11.1. The Labute approximate surface area is 173 Å². The van der Waals surface area contributed by atoms with Gasteiger partial charge in [0.25, 0.3) is 0 Å². The fourth-order valence-corrected chi connectivity index (χ4v) is 3.66. The third-order valence-electron chi connectivity index (χ3n) is 5.21. The minimum atomic E-state index is 0.791.